The van der Waals surface area contributed by atoms with Crippen molar-refractivity contribution in [2.45, 2.75) is 24.5 Å². The topological polar surface area (TPSA) is 66.9 Å². The van der Waals surface area contributed by atoms with Crippen LogP contribution in [0.4, 0.5) is 16.2 Å². The van der Waals surface area contributed by atoms with E-state index in [1.165, 1.54) is 0 Å². The highest BCUT2D eigenvalue weighted by molar-refractivity contribution is 7.98. The van der Waals surface area contributed by atoms with Crippen LogP contribution in [0.1, 0.15) is 17.0 Å². The predicted octanol–water partition coefficient (Wildman–Crippen LogP) is 6.18. The molecule has 4 rings (SSSR count). The molecule has 0 fully saturated rings. The number of rotatable bonds is 5. The predicted molar refractivity (Wildman–Crippen MR) is 124 cm³/mol. The lowest BCUT2D eigenvalue weighted by atomic mass is 10.2. The van der Waals surface area contributed by atoms with Gasteiger partial charge in [0, 0.05) is 16.3 Å². The van der Waals surface area contributed by atoms with Gasteiger partial charge in [-0.15, -0.1) is 11.8 Å². The molecule has 30 heavy (non-hydrogen) atoms. The minimum atomic E-state index is -0.268. The van der Waals surface area contributed by atoms with Crippen molar-refractivity contribution in [3.63, 3.8) is 0 Å². The highest BCUT2D eigenvalue weighted by atomic mass is 32.2. The third-order valence-corrected chi connectivity index (χ3v) is 5.70. The fraction of sp³-hybridized carbons (Fsp3) is 0.125. The average Bonchev–Trinajstić information content (AvgIpc) is 2.73. The van der Waals surface area contributed by atoms with Gasteiger partial charge in [0.25, 0.3) is 0 Å². The zero-order valence-electron chi connectivity index (χ0n) is 16.8. The fourth-order valence-electron chi connectivity index (χ4n) is 3.11. The molecule has 2 N–H and O–H groups in total. The third-order valence-electron chi connectivity index (χ3n) is 4.62. The summed E-state index contributed by atoms with van der Waals surface area (Å²) in [6.45, 7) is 3.97. The van der Waals surface area contributed by atoms with Crippen LogP contribution >= 0.6 is 11.8 Å². The van der Waals surface area contributed by atoms with Crippen molar-refractivity contribution in [1.82, 2.24) is 9.97 Å². The van der Waals surface area contributed by atoms with Crippen LogP contribution in [0.3, 0.4) is 0 Å². The molecule has 0 saturated heterocycles. The molecule has 0 atom stereocenters. The van der Waals surface area contributed by atoms with E-state index >= 15 is 0 Å². The molecule has 0 unspecified atom stereocenters. The molecule has 0 bridgehead atoms. The summed E-state index contributed by atoms with van der Waals surface area (Å²) in [6, 6.07) is 23.1. The summed E-state index contributed by atoms with van der Waals surface area (Å²) < 4.78 is 0. The van der Waals surface area contributed by atoms with Crippen molar-refractivity contribution in [2.75, 3.05) is 10.6 Å². The zero-order chi connectivity index (χ0) is 20.9. The lowest BCUT2D eigenvalue weighted by Crippen LogP contribution is -2.19. The molecular weight excluding hydrogens is 392 g/mol. The number of nitrogens with zero attached hydrogens (tertiary/aromatic N) is 2. The van der Waals surface area contributed by atoms with Gasteiger partial charge >= 0.3 is 6.03 Å². The number of carbonyl (C=O) groups excluding carboxylic acids is 1. The van der Waals surface area contributed by atoms with E-state index in [2.05, 4.69) is 15.6 Å². The Morgan fingerprint density at radius 3 is 2.40 bits per heavy atom. The molecule has 1 heterocycles. The van der Waals surface area contributed by atoms with Gasteiger partial charge in [-0.2, -0.15) is 0 Å². The van der Waals surface area contributed by atoms with E-state index < -0.39 is 0 Å². The smallest absolute Gasteiger partial charge is 0.308 e. The van der Waals surface area contributed by atoms with E-state index in [0.717, 1.165) is 44.3 Å². The number of hydrogen-bond acceptors (Lipinski definition) is 4. The minimum absolute atomic E-state index is 0.268. The number of para-hydroxylation sites is 3. The number of fused-ring (bicyclic) bond motifs is 1. The molecule has 0 saturated carbocycles. The Balaban J connectivity index is 1.47. The fourth-order valence-corrected chi connectivity index (χ4v) is 4.13. The molecule has 6 heteroatoms. The van der Waals surface area contributed by atoms with E-state index in [4.69, 9.17) is 4.98 Å². The summed E-state index contributed by atoms with van der Waals surface area (Å²) in [4.78, 5) is 22.9. The monoisotopic (exact) mass is 414 g/mol. The molecule has 0 radical (unpaired) electrons. The zero-order valence-corrected chi connectivity index (χ0v) is 17.7. The number of benzene rings is 3. The van der Waals surface area contributed by atoms with Gasteiger partial charge in [-0.25, -0.2) is 14.8 Å². The number of urea groups is 1. The van der Waals surface area contributed by atoms with Gasteiger partial charge in [-0.05, 0) is 55.8 Å². The maximum atomic E-state index is 12.5. The van der Waals surface area contributed by atoms with Crippen molar-refractivity contribution in [3.8, 4) is 0 Å². The maximum Gasteiger partial charge on any atom is 0.323 e. The van der Waals surface area contributed by atoms with E-state index in [-0.39, 0.29) is 6.03 Å². The number of amides is 2. The first-order valence-electron chi connectivity index (χ1n) is 9.67. The Morgan fingerprint density at radius 1 is 0.867 bits per heavy atom. The quantitative estimate of drug-likeness (QED) is 0.383. The Kier molecular flexibility index (Phi) is 5.95. The second kappa shape index (κ2) is 8.97. The summed E-state index contributed by atoms with van der Waals surface area (Å²) in [5, 5.41) is 5.83. The van der Waals surface area contributed by atoms with Gasteiger partial charge in [0.15, 0.2) is 0 Å². The molecule has 3 aromatic carbocycles. The molecule has 0 aliphatic heterocycles. The van der Waals surface area contributed by atoms with Crippen LogP contribution in [0, 0.1) is 13.8 Å². The molecule has 4 aromatic rings. The normalized spacial score (nSPS) is 10.7. The lowest BCUT2D eigenvalue weighted by Gasteiger charge is -2.12. The van der Waals surface area contributed by atoms with Crippen molar-refractivity contribution in [3.05, 3.63) is 89.7 Å². The van der Waals surface area contributed by atoms with Crippen molar-refractivity contribution < 1.29 is 4.79 Å². The summed E-state index contributed by atoms with van der Waals surface area (Å²) in [6.07, 6.45) is 0. The number of nitrogens with one attached hydrogen (secondary N) is 2. The van der Waals surface area contributed by atoms with E-state index in [9.17, 15) is 4.79 Å². The Labute approximate surface area is 180 Å². The second-order valence-corrected chi connectivity index (χ2v) is 8.00. The van der Waals surface area contributed by atoms with E-state index in [1.54, 1.807) is 11.8 Å². The first-order valence-corrected chi connectivity index (χ1v) is 10.7. The second-order valence-electron chi connectivity index (χ2n) is 6.98. The highest BCUT2D eigenvalue weighted by Crippen LogP contribution is 2.30. The van der Waals surface area contributed by atoms with Gasteiger partial charge < -0.3 is 10.6 Å². The molecule has 1 aromatic heterocycles. The molecular formula is C24H22N4OS. The standard InChI is InChI=1S/C24H22N4OS/c1-16-8-7-9-18(14-16)26-24(29)28-21-12-5-6-13-23(21)30-15-22-17(2)25-19-10-3-4-11-20(19)27-22/h3-14H,15H2,1-2H3,(H2,26,28,29). The largest absolute Gasteiger partial charge is 0.323 e. The van der Waals surface area contributed by atoms with Gasteiger partial charge in [-0.1, -0.05) is 36.4 Å². The minimum Gasteiger partial charge on any atom is -0.308 e. The van der Waals surface area contributed by atoms with Crippen LogP contribution in [0.15, 0.2) is 77.7 Å². The Hall–Kier alpha value is -3.38. The molecule has 0 spiro atoms. The lowest BCUT2D eigenvalue weighted by molar-refractivity contribution is 0.262. The third kappa shape index (κ3) is 4.78. The molecule has 0 aliphatic rings. The van der Waals surface area contributed by atoms with Crippen LogP contribution < -0.4 is 10.6 Å². The Bertz CT molecular complexity index is 1210. The number of aryl methyl sites for hydroxylation is 2. The van der Waals surface area contributed by atoms with Crippen LogP contribution in [0.25, 0.3) is 11.0 Å². The summed E-state index contributed by atoms with van der Waals surface area (Å²) in [7, 11) is 0. The number of aromatic nitrogens is 2. The first-order chi connectivity index (χ1) is 14.6. The number of hydrogen-bond donors (Lipinski definition) is 2. The number of carbonyl (C=O) groups is 1. The van der Waals surface area contributed by atoms with Gasteiger partial charge in [0.05, 0.1) is 28.1 Å². The Morgan fingerprint density at radius 2 is 1.60 bits per heavy atom. The summed E-state index contributed by atoms with van der Waals surface area (Å²) in [5.74, 6) is 0.669. The maximum absolute atomic E-state index is 12.5. The molecule has 0 aliphatic carbocycles. The van der Waals surface area contributed by atoms with Crippen LogP contribution in [-0.4, -0.2) is 16.0 Å². The van der Waals surface area contributed by atoms with Crippen molar-refractivity contribution in [1.29, 1.82) is 0 Å². The van der Waals surface area contributed by atoms with Crippen LogP contribution in [0.2, 0.25) is 0 Å². The van der Waals surface area contributed by atoms with Crippen LogP contribution in [-0.2, 0) is 5.75 Å². The summed E-state index contributed by atoms with van der Waals surface area (Å²) in [5.41, 5.74) is 6.28. The average molecular weight is 415 g/mol. The van der Waals surface area contributed by atoms with Gasteiger partial charge in [-0.3, -0.25) is 0 Å². The first kappa shape index (κ1) is 19.9. The van der Waals surface area contributed by atoms with E-state index in [1.807, 2.05) is 86.6 Å². The van der Waals surface area contributed by atoms with Gasteiger partial charge in [0.2, 0.25) is 0 Å². The molecule has 5 nitrogen and oxygen atoms in total. The molecule has 2 amide bonds. The number of anilines is 2. The SMILES string of the molecule is Cc1cccc(NC(=O)Nc2ccccc2SCc2nc3ccccc3nc2C)c1. The van der Waals surface area contributed by atoms with Crippen molar-refractivity contribution in [2.24, 2.45) is 0 Å². The van der Waals surface area contributed by atoms with E-state index in [0.29, 0.717) is 5.75 Å². The summed E-state index contributed by atoms with van der Waals surface area (Å²) >= 11 is 1.63. The van der Waals surface area contributed by atoms with Crippen LogP contribution in [0.5, 0.6) is 0 Å². The van der Waals surface area contributed by atoms with Gasteiger partial charge in [0.1, 0.15) is 0 Å². The highest BCUT2D eigenvalue weighted by Gasteiger charge is 2.10. The number of thioether (sulfide) groups is 1. The van der Waals surface area contributed by atoms with Crippen molar-refractivity contribution >= 4 is 40.2 Å². The molecule has 150 valence electrons.